The van der Waals surface area contributed by atoms with Gasteiger partial charge in [-0.15, -0.1) is 0 Å². The highest BCUT2D eigenvalue weighted by Crippen LogP contribution is 2.35. The Morgan fingerprint density at radius 1 is 0.944 bits per heavy atom. The quantitative estimate of drug-likeness (QED) is 0.198. The van der Waals surface area contributed by atoms with Crippen LogP contribution in [0, 0.1) is 0 Å². The minimum atomic E-state index is -0.533. The SMILES string of the molecule is CCOc1cc(/C=N/NC(=O)COc2ccc3c(c2)OCO3)ccc1OC(=O)c1ccc(OC)cc1. The van der Waals surface area contributed by atoms with Gasteiger partial charge in [0, 0.05) is 6.07 Å². The van der Waals surface area contributed by atoms with Crippen LogP contribution in [0.2, 0.25) is 0 Å². The van der Waals surface area contributed by atoms with Crippen molar-refractivity contribution in [2.45, 2.75) is 6.92 Å². The van der Waals surface area contributed by atoms with Crippen LogP contribution >= 0.6 is 0 Å². The molecule has 0 atom stereocenters. The molecule has 0 aliphatic carbocycles. The van der Waals surface area contributed by atoms with Gasteiger partial charge in [-0.2, -0.15) is 5.10 Å². The molecule has 3 aromatic rings. The van der Waals surface area contributed by atoms with E-state index in [0.717, 1.165) is 0 Å². The first-order chi connectivity index (χ1) is 17.6. The molecule has 1 heterocycles. The Morgan fingerprint density at radius 3 is 2.50 bits per heavy atom. The Morgan fingerprint density at radius 2 is 1.72 bits per heavy atom. The molecule has 10 heteroatoms. The third kappa shape index (κ3) is 6.23. The Labute approximate surface area is 207 Å². The molecule has 0 saturated carbocycles. The highest BCUT2D eigenvalue weighted by atomic mass is 16.7. The van der Waals surface area contributed by atoms with Crippen LogP contribution in [0.4, 0.5) is 0 Å². The van der Waals surface area contributed by atoms with Crippen LogP contribution in [-0.2, 0) is 4.79 Å². The molecule has 4 rings (SSSR count). The van der Waals surface area contributed by atoms with E-state index in [0.29, 0.717) is 46.5 Å². The third-order valence-corrected chi connectivity index (χ3v) is 4.91. The number of methoxy groups -OCH3 is 1. The molecule has 10 nitrogen and oxygen atoms in total. The summed E-state index contributed by atoms with van der Waals surface area (Å²) in [4.78, 5) is 24.6. The molecule has 0 aromatic heterocycles. The second-order valence-electron chi connectivity index (χ2n) is 7.35. The van der Waals surface area contributed by atoms with E-state index in [1.165, 1.54) is 6.21 Å². The Balaban J connectivity index is 1.32. The zero-order valence-electron chi connectivity index (χ0n) is 19.7. The maximum atomic E-state index is 12.5. The number of esters is 1. The number of amides is 1. The highest BCUT2D eigenvalue weighted by Gasteiger charge is 2.15. The van der Waals surface area contributed by atoms with Crippen molar-refractivity contribution in [3.05, 3.63) is 71.8 Å². The van der Waals surface area contributed by atoms with Crippen molar-refractivity contribution >= 4 is 18.1 Å². The lowest BCUT2D eigenvalue weighted by Crippen LogP contribution is -2.24. The molecule has 0 unspecified atom stereocenters. The lowest BCUT2D eigenvalue weighted by atomic mass is 10.2. The summed E-state index contributed by atoms with van der Waals surface area (Å²) in [7, 11) is 1.55. The van der Waals surface area contributed by atoms with Crippen LogP contribution in [0.3, 0.4) is 0 Å². The fraction of sp³-hybridized carbons (Fsp3) is 0.192. The number of nitrogens with zero attached hydrogens (tertiary/aromatic N) is 1. The number of nitrogens with one attached hydrogen (secondary N) is 1. The van der Waals surface area contributed by atoms with E-state index in [-0.39, 0.29) is 19.1 Å². The normalized spacial score (nSPS) is 11.7. The lowest BCUT2D eigenvalue weighted by Gasteiger charge is -2.11. The van der Waals surface area contributed by atoms with E-state index >= 15 is 0 Å². The number of hydrogen-bond acceptors (Lipinski definition) is 9. The van der Waals surface area contributed by atoms with Gasteiger partial charge in [-0.3, -0.25) is 4.79 Å². The summed E-state index contributed by atoms with van der Waals surface area (Å²) in [6, 6.07) is 16.5. The first-order valence-corrected chi connectivity index (χ1v) is 11.0. The lowest BCUT2D eigenvalue weighted by molar-refractivity contribution is -0.123. The average molecular weight is 492 g/mol. The first kappa shape index (κ1) is 24.4. The predicted octanol–water partition coefficient (Wildman–Crippen LogP) is 3.57. The van der Waals surface area contributed by atoms with E-state index in [9.17, 15) is 9.59 Å². The van der Waals surface area contributed by atoms with Gasteiger partial charge in [0.2, 0.25) is 6.79 Å². The number of hydrazone groups is 1. The molecule has 186 valence electrons. The number of benzene rings is 3. The van der Waals surface area contributed by atoms with Crippen LogP contribution in [0.5, 0.6) is 34.5 Å². The maximum absolute atomic E-state index is 12.5. The number of hydrogen-bond donors (Lipinski definition) is 1. The summed E-state index contributed by atoms with van der Waals surface area (Å²) >= 11 is 0. The molecule has 1 aliphatic heterocycles. The summed E-state index contributed by atoms with van der Waals surface area (Å²) < 4.78 is 32.2. The van der Waals surface area contributed by atoms with Crippen molar-refractivity contribution in [2.24, 2.45) is 5.10 Å². The van der Waals surface area contributed by atoms with Crippen molar-refractivity contribution in [3.8, 4) is 34.5 Å². The van der Waals surface area contributed by atoms with Crippen LogP contribution in [0.15, 0.2) is 65.8 Å². The van der Waals surface area contributed by atoms with Gasteiger partial charge in [-0.25, -0.2) is 10.2 Å². The van der Waals surface area contributed by atoms with E-state index in [2.05, 4.69) is 10.5 Å². The number of fused-ring (bicyclic) bond motifs is 1. The van der Waals surface area contributed by atoms with Crippen LogP contribution in [0.1, 0.15) is 22.8 Å². The molecule has 3 aromatic carbocycles. The first-order valence-electron chi connectivity index (χ1n) is 11.0. The van der Waals surface area contributed by atoms with Gasteiger partial charge in [-0.05, 0) is 67.1 Å². The second kappa shape index (κ2) is 11.6. The molecule has 1 N–H and O–H groups in total. The third-order valence-electron chi connectivity index (χ3n) is 4.91. The fourth-order valence-electron chi connectivity index (χ4n) is 3.17. The van der Waals surface area contributed by atoms with Crippen molar-refractivity contribution in [1.29, 1.82) is 0 Å². The van der Waals surface area contributed by atoms with Crippen LogP contribution < -0.4 is 33.8 Å². The predicted molar refractivity (Wildman–Crippen MR) is 129 cm³/mol. The van der Waals surface area contributed by atoms with E-state index in [1.54, 1.807) is 67.8 Å². The zero-order chi connectivity index (χ0) is 25.3. The Bertz CT molecular complexity index is 1260. The number of carbonyl (C=O) groups is 2. The van der Waals surface area contributed by atoms with Crippen molar-refractivity contribution in [1.82, 2.24) is 5.43 Å². The molecule has 36 heavy (non-hydrogen) atoms. The molecule has 0 spiro atoms. The Kier molecular flexibility index (Phi) is 7.87. The average Bonchev–Trinajstić information content (AvgIpc) is 3.37. The van der Waals surface area contributed by atoms with Gasteiger partial charge in [-0.1, -0.05) is 0 Å². The van der Waals surface area contributed by atoms with Crippen molar-refractivity contribution < 1.29 is 38.0 Å². The Hall–Kier alpha value is -4.73. The van der Waals surface area contributed by atoms with Crippen LogP contribution in [0.25, 0.3) is 0 Å². The van der Waals surface area contributed by atoms with E-state index < -0.39 is 11.9 Å². The van der Waals surface area contributed by atoms with Crippen LogP contribution in [-0.4, -0.2) is 45.2 Å². The number of ether oxygens (including phenoxy) is 6. The zero-order valence-corrected chi connectivity index (χ0v) is 19.7. The minimum Gasteiger partial charge on any atom is -0.497 e. The van der Waals surface area contributed by atoms with Crippen molar-refractivity contribution in [3.63, 3.8) is 0 Å². The maximum Gasteiger partial charge on any atom is 0.343 e. The largest absolute Gasteiger partial charge is 0.497 e. The summed E-state index contributed by atoms with van der Waals surface area (Å²) in [5.41, 5.74) is 3.39. The van der Waals surface area contributed by atoms with Gasteiger partial charge in [0.05, 0.1) is 25.5 Å². The van der Waals surface area contributed by atoms with Gasteiger partial charge in [0.1, 0.15) is 11.5 Å². The van der Waals surface area contributed by atoms with Gasteiger partial charge in [0.15, 0.2) is 29.6 Å². The van der Waals surface area contributed by atoms with Crippen molar-refractivity contribution in [2.75, 3.05) is 27.1 Å². The van der Waals surface area contributed by atoms with Gasteiger partial charge in [0.25, 0.3) is 5.91 Å². The molecular formula is C26H24N2O8. The number of rotatable bonds is 10. The van der Waals surface area contributed by atoms with E-state index in [4.69, 9.17) is 28.4 Å². The molecular weight excluding hydrogens is 468 g/mol. The van der Waals surface area contributed by atoms with Gasteiger partial charge < -0.3 is 28.4 Å². The molecule has 1 aliphatic rings. The second-order valence-corrected chi connectivity index (χ2v) is 7.35. The minimum absolute atomic E-state index is 0.158. The summed E-state index contributed by atoms with van der Waals surface area (Å²) in [5.74, 6) is 1.94. The molecule has 0 bridgehead atoms. The molecule has 0 saturated heterocycles. The monoisotopic (exact) mass is 492 g/mol. The summed E-state index contributed by atoms with van der Waals surface area (Å²) in [5, 5.41) is 3.94. The molecule has 0 fully saturated rings. The fourth-order valence-corrected chi connectivity index (χ4v) is 3.17. The molecule has 0 radical (unpaired) electrons. The topological polar surface area (TPSA) is 114 Å². The number of carbonyl (C=O) groups excluding carboxylic acids is 2. The highest BCUT2D eigenvalue weighted by molar-refractivity contribution is 5.92. The molecule has 1 amide bonds. The smallest absolute Gasteiger partial charge is 0.343 e. The standard InChI is InChI=1S/C26H24N2O8/c1-3-32-23-12-17(4-10-22(23)36-26(30)18-5-7-19(31-2)8-6-18)14-27-28-25(29)15-33-20-9-11-21-24(13-20)35-16-34-21/h4-14H,3,15-16H2,1-2H3,(H,28,29)/b27-14+. The van der Waals surface area contributed by atoms with E-state index in [1.807, 2.05) is 6.92 Å². The summed E-state index contributed by atoms with van der Waals surface area (Å²) in [6.45, 7) is 2.10. The van der Waals surface area contributed by atoms with Gasteiger partial charge >= 0.3 is 5.97 Å². The summed E-state index contributed by atoms with van der Waals surface area (Å²) in [6.07, 6.45) is 1.44.